The highest BCUT2D eigenvalue weighted by Crippen LogP contribution is 2.10. The highest BCUT2D eigenvalue weighted by Gasteiger charge is 2.31. The van der Waals surface area contributed by atoms with E-state index in [1.807, 2.05) is 6.92 Å². The average molecular weight is 262 g/mol. The first kappa shape index (κ1) is 13.5. The lowest BCUT2D eigenvalue weighted by Crippen LogP contribution is -2.59. The second-order valence-corrected chi connectivity index (χ2v) is 4.52. The summed E-state index contributed by atoms with van der Waals surface area (Å²) >= 11 is 0. The molecule has 0 saturated carbocycles. The Morgan fingerprint density at radius 2 is 2.26 bits per heavy atom. The summed E-state index contributed by atoms with van der Waals surface area (Å²) in [6, 6.07) is 3.07. The molecule has 1 unspecified atom stereocenters. The largest absolute Gasteiger partial charge is 0.357 e. The molecule has 1 aliphatic heterocycles. The van der Waals surface area contributed by atoms with Crippen molar-refractivity contribution in [1.29, 1.82) is 0 Å². The predicted octanol–water partition coefficient (Wildman–Crippen LogP) is -0.450. The molecule has 1 saturated heterocycles. The van der Waals surface area contributed by atoms with Crippen molar-refractivity contribution in [2.24, 2.45) is 0 Å². The first-order valence-corrected chi connectivity index (χ1v) is 6.29. The molecular weight excluding hydrogens is 244 g/mol. The van der Waals surface area contributed by atoms with Gasteiger partial charge >= 0.3 is 0 Å². The number of hydrogen-bond donors (Lipinski definition) is 2. The normalized spacial score (nSPS) is 19.1. The van der Waals surface area contributed by atoms with Crippen molar-refractivity contribution in [2.75, 3.05) is 26.7 Å². The Bertz CT molecular complexity index is 472. The number of hydrogen-bond acceptors (Lipinski definition) is 4. The fourth-order valence-corrected chi connectivity index (χ4v) is 2.11. The number of carbonyl (C=O) groups excluding carboxylic acids is 2. The third kappa shape index (κ3) is 2.90. The molecule has 2 amide bonds. The summed E-state index contributed by atoms with van der Waals surface area (Å²) in [5, 5.41) is 5.72. The second kappa shape index (κ2) is 5.79. The predicted molar refractivity (Wildman–Crippen MR) is 70.7 cm³/mol. The van der Waals surface area contributed by atoms with Gasteiger partial charge in [-0.2, -0.15) is 0 Å². The van der Waals surface area contributed by atoms with E-state index in [2.05, 4.69) is 15.6 Å². The summed E-state index contributed by atoms with van der Waals surface area (Å²) in [4.78, 5) is 29.9. The number of likely N-dealkylation sites (N-methyl/N-ethyl adjacent to an activating group) is 1. The molecule has 19 heavy (non-hydrogen) atoms. The number of amides is 2. The Hall–Kier alpha value is -1.95. The summed E-state index contributed by atoms with van der Waals surface area (Å²) in [6.45, 7) is 3.56. The third-order valence-corrected chi connectivity index (χ3v) is 3.21. The molecular formula is C13H18N4O2. The molecule has 0 bridgehead atoms. The van der Waals surface area contributed by atoms with Crippen LogP contribution in [0.3, 0.4) is 0 Å². The molecule has 0 spiro atoms. The topological polar surface area (TPSA) is 74.3 Å². The van der Waals surface area contributed by atoms with Gasteiger partial charge in [0, 0.05) is 38.6 Å². The van der Waals surface area contributed by atoms with Gasteiger partial charge < -0.3 is 15.5 Å². The minimum absolute atomic E-state index is 0.150. The van der Waals surface area contributed by atoms with Crippen molar-refractivity contribution < 1.29 is 9.59 Å². The molecule has 6 nitrogen and oxygen atoms in total. The number of pyridine rings is 1. The van der Waals surface area contributed by atoms with Crippen LogP contribution in [0.15, 0.2) is 18.3 Å². The molecule has 2 rings (SSSR count). The number of nitrogens with zero attached hydrogens (tertiary/aromatic N) is 2. The van der Waals surface area contributed by atoms with Crippen molar-refractivity contribution in [3.05, 3.63) is 29.6 Å². The Kier molecular flexibility index (Phi) is 4.11. The molecule has 1 aliphatic rings. The molecule has 0 radical (unpaired) electrons. The van der Waals surface area contributed by atoms with Crippen LogP contribution in [-0.4, -0.2) is 54.4 Å². The minimum Gasteiger partial charge on any atom is -0.357 e. The molecule has 2 N–H and O–H groups in total. The highest BCUT2D eigenvalue weighted by molar-refractivity contribution is 5.97. The Morgan fingerprint density at radius 3 is 2.89 bits per heavy atom. The fourth-order valence-electron chi connectivity index (χ4n) is 2.11. The van der Waals surface area contributed by atoms with E-state index < -0.39 is 6.04 Å². The molecule has 0 aliphatic carbocycles. The summed E-state index contributed by atoms with van der Waals surface area (Å²) in [5.41, 5.74) is 1.38. The van der Waals surface area contributed by atoms with Crippen molar-refractivity contribution in [2.45, 2.75) is 13.0 Å². The van der Waals surface area contributed by atoms with Gasteiger partial charge in [0.25, 0.3) is 5.91 Å². The smallest absolute Gasteiger partial charge is 0.256 e. The van der Waals surface area contributed by atoms with Crippen LogP contribution >= 0.6 is 0 Å². The molecule has 2 heterocycles. The van der Waals surface area contributed by atoms with E-state index in [-0.39, 0.29) is 11.8 Å². The van der Waals surface area contributed by atoms with Gasteiger partial charge in [0.15, 0.2) is 0 Å². The monoisotopic (exact) mass is 262 g/mol. The number of piperazine rings is 1. The van der Waals surface area contributed by atoms with Gasteiger partial charge in [-0.25, -0.2) is 0 Å². The highest BCUT2D eigenvalue weighted by atomic mass is 16.2. The first-order chi connectivity index (χ1) is 9.13. The average Bonchev–Trinajstić information content (AvgIpc) is 2.46. The molecule has 102 valence electrons. The van der Waals surface area contributed by atoms with Crippen LogP contribution in [0, 0.1) is 6.92 Å². The number of rotatable bonds is 2. The standard InChI is InChI=1S/C13H18N4O2/c1-9-3-4-10(7-16-9)13(19)17-6-5-15-8-11(17)12(18)14-2/h3-4,7,11,15H,5-6,8H2,1-2H3,(H,14,18). The lowest BCUT2D eigenvalue weighted by Gasteiger charge is -2.34. The summed E-state index contributed by atoms with van der Waals surface area (Å²) in [7, 11) is 1.58. The molecule has 1 aromatic heterocycles. The maximum absolute atomic E-state index is 12.4. The van der Waals surface area contributed by atoms with E-state index in [1.54, 1.807) is 30.3 Å². The molecule has 1 aromatic rings. The van der Waals surface area contributed by atoms with Crippen LogP contribution in [0.25, 0.3) is 0 Å². The van der Waals surface area contributed by atoms with E-state index in [0.717, 1.165) is 5.69 Å². The van der Waals surface area contributed by atoms with Crippen molar-refractivity contribution >= 4 is 11.8 Å². The van der Waals surface area contributed by atoms with Crippen molar-refractivity contribution in [3.63, 3.8) is 0 Å². The molecule has 1 fully saturated rings. The first-order valence-electron chi connectivity index (χ1n) is 6.29. The summed E-state index contributed by atoms with van der Waals surface area (Å²) < 4.78 is 0. The molecule has 0 aromatic carbocycles. The van der Waals surface area contributed by atoms with Crippen LogP contribution in [0.4, 0.5) is 0 Å². The number of aryl methyl sites for hydroxylation is 1. The zero-order chi connectivity index (χ0) is 13.8. The quantitative estimate of drug-likeness (QED) is 0.757. The van der Waals surface area contributed by atoms with Gasteiger partial charge in [-0.1, -0.05) is 0 Å². The lowest BCUT2D eigenvalue weighted by molar-refractivity contribution is -0.125. The summed E-state index contributed by atoms with van der Waals surface area (Å²) in [6.07, 6.45) is 1.56. The van der Waals surface area contributed by atoms with E-state index in [4.69, 9.17) is 0 Å². The molecule has 1 atom stereocenters. The van der Waals surface area contributed by atoms with Gasteiger partial charge in [0.2, 0.25) is 5.91 Å². The van der Waals surface area contributed by atoms with Crippen LogP contribution < -0.4 is 10.6 Å². The Labute approximate surface area is 112 Å². The van der Waals surface area contributed by atoms with Gasteiger partial charge in [-0.15, -0.1) is 0 Å². The zero-order valence-corrected chi connectivity index (χ0v) is 11.1. The zero-order valence-electron chi connectivity index (χ0n) is 11.1. The SMILES string of the molecule is CNC(=O)C1CNCCN1C(=O)c1ccc(C)nc1. The molecule has 6 heteroatoms. The second-order valence-electron chi connectivity index (χ2n) is 4.52. The van der Waals surface area contributed by atoms with Crippen molar-refractivity contribution in [3.8, 4) is 0 Å². The van der Waals surface area contributed by atoms with E-state index in [9.17, 15) is 9.59 Å². The maximum atomic E-state index is 12.4. The number of aromatic nitrogens is 1. The van der Waals surface area contributed by atoms with Crippen LogP contribution in [0.5, 0.6) is 0 Å². The number of carbonyl (C=O) groups is 2. The van der Waals surface area contributed by atoms with Crippen LogP contribution in [0.1, 0.15) is 16.1 Å². The van der Waals surface area contributed by atoms with Crippen LogP contribution in [-0.2, 0) is 4.79 Å². The van der Waals surface area contributed by atoms with E-state index in [0.29, 0.717) is 25.2 Å². The third-order valence-electron chi connectivity index (χ3n) is 3.21. The minimum atomic E-state index is -0.465. The Balaban J connectivity index is 2.20. The van der Waals surface area contributed by atoms with Crippen molar-refractivity contribution in [1.82, 2.24) is 20.5 Å². The lowest BCUT2D eigenvalue weighted by atomic mass is 10.1. The maximum Gasteiger partial charge on any atom is 0.256 e. The summed E-state index contributed by atoms with van der Waals surface area (Å²) in [5.74, 6) is -0.303. The fraction of sp³-hybridized carbons (Fsp3) is 0.462. The van der Waals surface area contributed by atoms with Gasteiger partial charge in [0.1, 0.15) is 6.04 Å². The van der Waals surface area contributed by atoms with Gasteiger partial charge in [-0.05, 0) is 19.1 Å². The van der Waals surface area contributed by atoms with Gasteiger partial charge in [0.05, 0.1) is 5.56 Å². The number of nitrogens with one attached hydrogen (secondary N) is 2. The van der Waals surface area contributed by atoms with Crippen LogP contribution in [0.2, 0.25) is 0 Å². The van der Waals surface area contributed by atoms with E-state index in [1.165, 1.54) is 0 Å². The Morgan fingerprint density at radius 1 is 1.47 bits per heavy atom. The van der Waals surface area contributed by atoms with E-state index >= 15 is 0 Å². The van der Waals surface area contributed by atoms with Gasteiger partial charge in [-0.3, -0.25) is 14.6 Å².